The standard InChI is InChI=1S/C12H26Cl2Si/c13-10-8-6-4-2-1-3-5-7-9-12(14)11-15/h12H,1-11H2,15H3. The zero-order valence-corrected chi connectivity index (χ0v) is 13.6. The Labute approximate surface area is 109 Å². The molecular formula is C12H26Cl2Si. The molecule has 0 saturated carbocycles. The summed E-state index contributed by atoms with van der Waals surface area (Å²) in [6.07, 6.45) is 12.0. The van der Waals surface area contributed by atoms with Crippen molar-refractivity contribution >= 4 is 33.4 Å². The monoisotopic (exact) mass is 268 g/mol. The Balaban J connectivity index is 2.92. The molecule has 1 unspecified atom stereocenters. The van der Waals surface area contributed by atoms with Crippen LogP contribution in [0.3, 0.4) is 0 Å². The topological polar surface area (TPSA) is 0 Å². The van der Waals surface area contributed by atoms with E-state index in [1.165, 1.54) is 74.1 Å². The SMILES string of the molecule is [SiH3]CC(Cl)CCCCCCCCCCCl. The van der Waals surface area contributed by atoms with Crippen molar-refractivity contribution in [3.63, 3.8) is 0 Å². The second-order valence-electron chi connectivity index (χ2n) is 4.31. The van der Waals surface area contributed by atoms with Crippen LogP contribution in [0.2, 0.25) is 6.04 Å². The molecule has 0 nitrogen and oxygen atoms in total. The number of alkyl halides is 2. The van der Waals surface area contributed by atoms with Crippen molar-refractivity contribution in [2.75, 3.05) is 5.88 Å². The highest BCUT2D eigenvalue weighted by Crippen LogP contribution is 2.14. The minimum atomic E-state index is 0.473. The second kappa shape index (κ2) is 12.9. The van der Waals surface area contributed by atoms with Gasteiger partial charge in [-0.05, 0) is 18.9 Å². The summed E-state index contributed by atoms with van der Waals surface area (Å²) in [5.41, 5.74) is 0. The molecule has 0 aliphatic rings. The Morgan fingerprint density at radius 1 is 0.800 bits per heavy atom. The fraction of sp³-hybridized carbons (Fsp3) is 1.00. The van der Waals surface area contributed by atoms with Gasteiger partial charge in [0.05, 0.1) is 0 Å². The van der Waals surface area contributed by atoms with E-state index in [1.807, 2.05) is 0 Å². The average Bonchev–Trinajstić information content (AvgIpc) is 2.26. The first-order chi connectivity index (χ1) is 7.31. The highest BCUT2D eigenvalue weighted by atomic mass is 35.5. The maximum atomic E-state index is 6.08. The fourth-order valence-corrected chi connectivity index (χ4v) is 2.48. The van der Waals surface area contributed by atoms with Gasteiger partial charge >= 0.3 is 0 Å². The first kappa shape index (κ1) is 15.8. The maximum Gasteiger partial charge on any atom is 0.0304 e. The van der Waals surface area contributed by atoms with Crippen LogP contribution in [-0.2, 0) is 0 Å². The Morgan fingerprint density at radius 2 is 1.27 bits per heavy atom. The van der Waals surface area contributed by atoms with Crippen molar-refractivity contribution in [1.82, 2.24) is 0 Å². The van der Waals surface area contributed by atoms with Crippen LogP contribution in [0.15, 0.2) is 0 Å². The van der Waals surface area contributed by atoms with Gasteiger partial charge in [-0.2, -0.15) is 0 Å². The van der Waals surface area contributed by atoms with Crippen LogP contribution in [0, 0.1) is 0 Å². The molecule has 0 saturated heterocycles. The smallest absolute Gasteiger partial charge is 0.0304 e. The van der Waals surface area contributed by atoms with Crippen molar-refractivity contribution in [2.24, 2.45) is 0 Å². The molecule has 0 aliphatic carbocycles. The molecule has 0 N–H and O–H groups in total. The molecule has 0 aromatic heterocycles. The van der Waals surface area contributed by atoms with E-state index in [0.717, 1.165) is 5.88 Å². The molecule has 0 aliphatic heterocycles. The van der Waals surface area contributed by atoms with E-state index in [1.54, 1.807) is 0 Å². The normalized spacial score (nSPS) is 13.2. The highest BCUT2D eigenvalue weighted by molar-refractivity contribution is 6.25. The molecule has 92 valence electrons. The van der Waals surface area contributed by atoms with E-state index in [0.29, 0.717) is 5.38 Å². The lowest BCUT2D eigenvalue weighted by molar-refractivity contribution is 0.564. The number of hydrogen-bond acceptors (Lipinski definition) is 0. The fourth-order valence-electron chi connectivity index (χ4n) is 1.73. The first-order valence-electron chi connectivity index (χ1n) is 6.51. The summed E-state index contributed by atoms with van der Waals surface area (Å²) in [5, 5.41) is 0.473. The molecule has 0 aromatic rings. The summed E-state index contributed by atoms with van der Waals surface area (Å²) >= 11 is 11.7. The van der Waals surface area contributed by atoms with Gasteiger partial charge in [-0.25, -0.2) is 0 Å². The Bertz CT molecular complexity index is 120. The Kier molecular flexibility index (Phi) is 13.5. The van der Waals surface area contributed by atoms with Crippen LogP contribution in [0.5, 0.6) is 0 Å². The zero-order valence-electron chi connectivity index (χ0n) is 10.1. The van der Waals surface area contributed by atoms with Gasteiger partial charge in [0.25, 0.3) is 0 Å². The molecule has 0 amide bonds. The van der Waals surface area contributed by atoms with Gasteiger partial charge in [0.15, 0.2) is 0 Å². The predicted octanol–water partition coefficient (Wildman–Crippen LogP) is 4.13. The number of rotatable bonds is 11. The van der Waals surface area contributed by atoms with Crippen LogP contribution >= 0.6 is 23.2 Å². The van der Waals surface area contributed by atoms with Gasteiger partial charge in [-0.1, -0.05) is 44.9 Å². The quantitative estimate of drug-likeness (QED) is 0.300. The van der Waals surface area contributed by atoms with Gasteiger partial charge in [-0.3, -0.25) is 0 Å². The Morgan fingerprint density at radius 3 is 1.73 bits per heavy atom. The van der Waals surface area contributed by atoms with Crippen molar-refractivity contribution in [1.29, 1.82) is 0 Å². The van der Waals surface area contributed by atoms with Crippen molar-refractivity contribution in [2.45, 2.75) is 69.2 Å². The minimum Gasteiger partial charge on any atom is -0.127 e. The molecule has 1 atom stereocenters. The molecule has 15 heavy (non-hydrogen) atoms. The molecule has 0 heterocycles. The van der Waals surface area contributed by atoms with Crippen LogP contribution in [-0.4, -0.2) is 21.5 Å². The lowest BCUT2D eigenvalue weighted by Gasteiger charge is -2.05. The van der Waals surface area contributed by atoms with E-state index < -0.39 is 0 Å². The number of hydrogen-bond donors (Lipinski definition) is 0. The number of unbranched alkanes of at least 4 members (excludes halogenated alkanes) is 7. The van der Waals surface area contributed by atoms with Gasteiger partial charge in [0.2, 0.25) is 0 Å². The third-order valence-electron chi connectivity index (χ3n) is 2.84. The van der Waals surface area contributed by atoms with Crippen LogP contribution < -0.4 is 0 Å². The van der Waals surface area contributed by atoms with Gasteiger partial charge in [-0.15, -0.1) is 23.2 Å². The van der Waals surface area contributed by atoms with Crippen molar-refractivity contribution in [3.8, 4) is 0 Å². The van der Waals surface area contributed by atoms with E-state index in [2.05, 4.69) is 0 Å². The van der Waals surface area contributed by atoms with E-state index in [9.17, 15) is 0 Å². The highest BCUT2D eigenvalue weighted by Gasteiger charge is 1.99. The zero-order chi connectivity index (χ0) is 11.4. The molecule has 0 fully saturated rings. The summed E-state index contributed by atoms with van der Waals surface area (Å²) in [6.45, 7) is 0. The van der Waals surface area contributed by atoms with Gasteiger partial charge in [0, 0.05) is 21.5 Å². The molecule has 3 heteroatoms. The van der Waals surface area contributed by atoms with E-state index in [-0.39, 0.29) is 0 Å². The lowest BCUT2D eigenvalue weighted by atomic mass is 10.1. The van der Waals surface area contributed by atoms with Crippen molar-refractivity contribution < 1.29 is 0 Å². The van der Waals surface area contributed by atoms with E-state index in [4.69, 9.17) is 23.2 Å². The van der Waals surface area contributed by atoms with Crippen LogP contribution in [0.1, 0.15) is 57.8 Å². The summed E-state index contributed by atoms with van der Waals surface area (Å²) in [4.78, 5) is 0. The summed E-state index contributed by atoms with van der Waals surface area (Å²) in [6, 6.07) is 1.25. The van der Waals surface area contributed by atoms with Crippen LogP contribution in [0.25, 0.3) is 0 Å². The molecule has 0 radical (unpaired) electrons. The predicted molar refractivity (Wildman–Crippen MR) is 76.7 cm³/mol. The summed E-state index contributed by atoms with van der Waals surface area (Å²) in [5.74, 6) is 0.831. The second-order valence-corrected chi connectivity index (χ2v) is 6.12. The van der Waals surface area contributed by atoms with Gasteiger partial charge in [0.1, 0.15) is 0 Å². The van der Waals surface area contributed by atoms with Gasteiger partial charge < -0.3 is 0 Å². The molecule has 0 bridgehead atoms. The van der Waals surface area contributed by atoms with Crippen molar-refractivity contribution in [3.05, 3.63) is 0 Å². The average molecular weight is 269 g/mol. The summed E-state index contributed by atoms with van der Waals surface area (Å²) in [7, 11) is 1.25. The number of halogens is 2. The Hall–Kier alpha value is 0.797. The largest absolute Gasteiger partial charge is 0.127 e. The third kappa shape index (κ3) is 12.7. The summed E-state index contributed by atoms with van der Waals surface area (Å²) < 4.78 is 0. The minimum absolute atomic E-state index is 0.473. The maximum absolute atomic E-state index is 6.08. The molecule has 0 aromatic carbocycles. The molecular weight excluding hydrogens is 243 g/mol. The first-order valence-corrected chi connectivity index (χ1v) is 8.89. The lowest BCUT2D eigenvalue weighted by Crippen LogP contribution is -1.96. The third-order valence-corrected chi connectivity index (χ3v) is 5.14. The van der Waals surface area contributed by atoms with Crippen LogP contribution in [0.4, 0.5) is 0 Å². The molecule has 0 rings (SSSR count). The van der Waals surface area contributed by atoms with E-state index >= 15 is 0 Å². The molecule has 0 spiro atoms.